The lowest BCUT2D eigenvalue weighted by molar-refractivity contribution is -0.139. The Morgan fingerprint density at radius 1 is 1.41 bits per heavy atom. The third-order valence-corrected chi connectivity index (χ3v) is 4.03. The third kappa shape index (κ3) is 4.98. The van der Waals surface area contributed by atoms with E-state index in [0.717, 1.165) is 37.9 Å². The second kappa shape index (κ2) is 8.13. The number of pyridine rings is 1. The highest BCUT2D eigenvalue weighted by molar-refractivity contribution is 5.77. The van der Waals surface area contributed by atoms with Crippen LogP contribution in [0.2, 0.25) is 0 Å². The number of carbonyl (C=O) groups is 1. The molecule has 1 saturated heterocycles. The molecule has 1 amide bonds. The van der Waals surface area contributed by atoms with Crippen molar-refractivity contribution in [2.45, 2.75) is 52.2 Å². The van der Waals surface area contributed by atoms with Gasteiger partial charge in [-0.3, -0.25) is 4.79 Å². The lowest BCUT2D eigenvalue weighted by Crippen LogP contribution is -2.43. The largest absolute Gasteiger partial charge is 0.474 e. The van der Waals surface area contributed by atoms with E-state index in [1.807, 2.05) is 30.9 Å². The Balaban J connectivity index is 1.73. The predicted molar refractivity (Wildman–Crippen MR) is 84.9 cm³/mol. The summed E-state index contributed by atoms with van der Waals surface area (Å²) in [6, 6.07) is 3.89. The summed E-state index contributed by atoms with van der Waals surface area (Å²) in [5.74, 6) is 0.739. The second-order valence-electron chi connectivity index (χ2n) is 5.90. The van der Waals surface area contributed by atoms with Crippen molar-refractivity contribution < 1.29 is 14.3 Å². The summed E-state index contributed by atoms with van der Waals surface area (Å²) in [6.45, 7) is 7.67. The molecule has 5 nitrogen and oxygen atoms in total. The molecule has 0 aliphatic carbocycles. The molecule has 0 aromatic carbocycles. The minimum absolute atomic E-state index is 0.0761. The van der Waals surface area contributed by atoms with Gasteiger partial charge in [-0.2, -0.15) is 0 Å². The van der Waals surface area contributed by atoms with E-state index in [4.69, 9.17) is 9.47 Å². The standard InChI is InChI=1S/C17H26N2O3/c1-4-14(3)21-12-17(20)19-9-7-15(8-10-19)22-16-6-5-13(2)11-18-16/h5-6,11,14-15H,4,7-10,12H2,1-3H3/t14-/m0/s1. The van der Waals surface area contributed by atoms with Gasteiger partial charge < -0.3 is 14.4 Å². The summed E-state index contributed by atoms with van der Waals surface area (Å²) in [7, 11) is 0. The molecule has 0 radical (unpaired) electrons. The fourth-order valence-electron chi connectivity index (χ4n) is 2.34. The van der Waals surface area contributed by atoms with Crippen molar-refractivity contribution in [2.24, 2.45) is 0 Å². The molecule has 1 aromatic rings. The van der Waals surface area contributed by atoms with E-state index in [1.54, 1.807) is 6.20 Å². The number of piperidine rings is 1. The molecule has 1 aliphatic rings. The Kier molecular flexibility index (Phi) is 6.19. The molecule has 1 aliphatic heterocycles. The summed E-state index contributed by atoms with van der Waals surface area (Å²) >= 11 is 0. The van der Waals surface area contributed by atoms with Gasteiger partial charge in [0, 0.05) is 38.2 Å². The topological polar surface area (TPSA) is 51.7 Å². The van der Waals surface area contributed by atoms with Gasteiger partial charge in [0.25, 0.3) is 0 Å². The van der Waals surface area contributed by atoms with E-state index in [1.165, 1.54) is 0 Å². The van der Waals surface area contributed by atoms with Crippen LogP contribution in [0.1, 0.15) is 38.7 Å². The summed E-state index contributed by atoms with van der Waals surface area (Å²) in [4.78, 5) is 18.2. The first-order valence-corrected chi connectivity index (χ1v) is 8.07. The van der Waals surface area contributed by atoms with E-state index in [-0.39, 0.29) is 24.7 Å². The van der Waals surface area contributed by atoms with Crippen LogP contribution in [-0.4, -0.2) is 47.7 Å². The number of aromatic nitrogens is 1. The summed E-state index contributed by atoms with van der Waals surface area (Å²) in [5.41, 5.74) is 1.12. The second-order valence-corrected chi connectivity index (χ2v) is 5.90. The predicted octanol–water partition coefficient (Wildman–Crippen LogP) is 2.57. The van der Waals surface area contributed by atoms with E-state index in [2.05, 4.69) is 11.9 Å². The quantitative estimate of drug-likeness (QED) is 0.810. The fraction of sp³-hybridized carbons (Fsp3) is 0.647. The highest BCUT2D eigenvalue weighted by atomic mass is 16.5. The summed E-state index contributed by atoms with van der Waals surface area (Å²) < 4.78 is 11.4. The van der Waals surface area contributed by atoms with Gasteiger partial charge in [0.1, 0.15) is 12.7 Å². The highest BCUT2D eigenvalue weighted by Gasteiger charge is 2.24. The van der Waals surface area contributed by atoms with E-state index >= 15 is 0 Å². The molecule has 2 rings (SSSR count). The van der Waals surface area contributed by atoms with Crippen LogP contribution in [0.4, 0.5) is 0 Å². The molecule has 2 heterocycles. The molecule has 0 saturated carbocycles. The Bertz CT molecular complexity index is 467. The number of hydrogen-bond acceptors (Lipinski definition) is 4. The Hall–Kier alpha value is -1.62. The fourth-order valence-corrected chi connectivity index (χ4v) is 2.34. The first-order chi connectivity index (χ1) is 10.6. The van der Waals surface area contributed by atoms with Crippen molar-refractivity contribution in [2.75, 3.05) is 19.7 Å². The van der Waals surface area contributed by atoms with Gasteiger partial charge in [-0.1, -0.05) is 13.0 Å². The van der Waals surface area contributed by atoms with Gasteiger partial charge >= 0.3 is 0 Å². The minimum Gasteiger partial charge on any atom is -0.474 e. The van der Waals surface area contributed by atoms with Crippen molar-refractivity contribution >= 4 is 5.91 Å². The number of aryl methyl sites for hydroxylation is 1. The third-order valence-electron chi connectivity index (χ3n) is 4.03. The number of hydrogen-bond donors (Lipinski definition) is 0. The van der Waals surface area contributed by atoms with Crippen molar-refractivity contribution in [3.8, 4) is 5.88 Å². The van der Waals surface area contributed by atoms with Crippen LogP contribution >= 0.6 is 0 Å². The van der Waals surface area contributed by atoms with Crippen LogP contribution in [0.5, 0.6) is 5.88 Å². The van der Waals surface area contributed by atoms with Crippen molar-refractivity contribution in [1.82, 2.24) is 9.88 Å². The van der Waals surface area contributed by atoms with Crippen LogP contribution in [0.15, 0.2) is 18.3 Å². The van der Waals surface area contributed by atoms with Crippen LogP contribution in [0.25, 0.3) is 0 Å². The molecule has 1 atom stereocenters. The molecule has 0 N–H and O–H groups in total. The van der Waals surface area contributed by atoms with Gasteiger partial charge in [-0.25, -0.2) is 4.98 Å². The molecule has 1 fully saturated rings. The zero-order chi connectivity index (χ0) is 15.9. The zero-order valence-corrected chi connectivity index (χ0v) is 13.7. The van der Waals surface area contributed by atoms with E-state index in [9.17, 15) is 4.79 Å². The van der Waals surface area contributed by atoms with Crippen molar-refractivity contribution in [1.29, 1.82) is 0 Å². The van der Waals surface area contributed by atoms with Gasteiger partial charge in [0.15, 0.2) is 0 Å². The number of likely N-dealkylation sites (tertiary alicyclic amines) is 1. The average Bonchev–Trinajstić information content (AvgIpc) is 2.55. The average molecular weight is 306 g/mol. The Morgan fingerprint density at radius 2 is 2.14 bits per heavy atom. The SMILES string of the molecule is CC[C@H](C)OCC(=O)N1CCC(Oc2ccc(C)cn2)CC1. The van der Waals surface area contributed by atoms with Crippen LogP contribution in [-0.2, 0) is 9.53 Å². The van der Waals surface area contributed by atoms with Crippen molar-refractivity contribution in [3.05, 3.63) is 23.9 Å². The van der Waals surface area contributed by atoms with Gasteiger partial charge in [-0.05, 0) is 25.8 Å². The minimum atomic E-state index is 0.0761. The number of nitrogens with zero attached hydrogens (tertiary/aromatic N) is 2. The van der Waals surface area contributed by atoms with Crippen molar-refractivity contribution in [3.63, 3.8) is 0 Å². The number of rotatable bonds is 6. The lowest BCUT2D eigenvalue weighted by Gasteiger charge is -2.32. The molecule has 122 valence electrons. The zero-order valence-electron chi connectivity index (χ0n) is 13.7. The summed E-state index contributed by atoms with van der Waals surface area (Å²) in [5, 5.41) is 0. The smallest absolute Gasteiger partial charge is 0.248 e. The first kappa shape index (κ1) is 16.7. The first-order valence-electron chi connectivity index (χ1n) is 8.07. The molecule has 1 aromatic heterocycles. The van der Waals surface area contributed by atoms with Crippen LogP contribution in [0, 0.1) is 6.92 Å². The summed E-state index contributed by atoms with van der Waals surface area (Å²) in [6.07, 6.45) is 4.68. The van der Waals surface area contributed by atoms with Crippen LogP contribution in [0.3, 0.4) is 0 Å². The molecule has 0 spiro atoms. The van der Waals surface area contributed by atoms with E-state index < -0.39 is 0 Å². The normalized spacial score (nSPS) is 17.3. The maximum absolute atomic E-state index is 12.1. The monoisotopic (exact) mass is 306 g/mol. The van der Waals surface area contributed by atoms with Gasteiger partial charge in [0.2, 0.25) is 11.8 Å². The number of ether oxygens (including phenoxy) is 2. The maximum Gasteiger partial charge on any atom is 0.248 e. The Morgan fingerprint density at radius 3 is 2.73 bits per heavy atom. The maximum atomic E-state index is 12.1. The molecule has 0 bridgehead atoms. The highest BCUT2D eigenvalue weighted by Crippen LogP contribution is 2.17. The van der Waals surface area contributed by atoms with Crippen LogP contribution < -0.4 is 4.74 Å². The molecule has 22 heavy (non-hydrogen) atoms. The molecular formula is C17H26N2O3. The van der Waals surface area contributed by atoms with E-state index in [0.29, 0.717) is 5.88 Å². The molecule has 0 unspecified atom stereocenters. The Labute approximate surface area is 132 Å². The van der Waals surface area contributed by atoms with Gasteiger partial charge in [-0.15, -0.1) is 0 Å². The number of carbonyl (C=O) groups excluding carboxylic acids is 1. The molecule has 5 heteroatoms. The number of amides is 1. The lowest BCUT2D eigenvalue weighted by atomic mass is 10.1. The van der Waals surface area contributed by atoms with Gasteiger partial charge in [0.05, 0.1) is 6.10 Å². The molecular weight excluding hydrogens is 280 g/mol.